The summed E-state index contributed by atoms with van der Waals surface area (Å²) in [5.41, 5.74) is 8.66. The Labute approximate surface area is 202 Å². The molecule has 6 rings (SSSR count). The Kier molecular flexibility index (Phi) is 4.96. The van der Waals surface area contributed by atoms with Crippen molar-refractivity contribution in [1.29, 1.82) is 5.26 Å². The van der Waals surface area contributed by atoms with Gasteiger partial charge in [0.1, 0.15) is 17.5 Å². The van der Waals surface area contributed by atoms with Crippen LogP contribution in [0.3, 0.4) is 0 Å². The standard InChI is InChI=1S/C25H26N8O2/c26-14-17-12-18(15-29-22(17)27)20-13-21-25(35-11-10-33(21)31-20)6-9-32(16-25)23(34)30-24(4-1-5-24)19-2-7-28-8-3-19/h2-3,7-8,12-13,15H,1,4-6,9-11,16H2,(H2,27,29)(H,30,34). The van der Waals surface area contributed by atoms with Gasteiger partial charge in [0.15, 0.2) is 0 Å². The number of pyridine rings is 2. The highest BCUT2D eigenvalue weighted by molar-refractivity contribution is 5.76. The van der Waals surface area contributed by atoms with Gasteiger partial charge in [0.25, 0.3) is 0 Å². The number of likely N-dealkylation sites (tertiary alicyclic amines) is 1. The molecule has 0 bridgehead atoms. The first-order chi connectivity index (χ1) is 17.0. The third-order valence-corrected chi connectivity index (χ3v) is 7.57. The summed E-state index contributed by atoms with van der Waals surface area (Å²) in [5, 5.41) is 17.4. The number of urea groups is 1. The van der Waals surface area contributed by atoms with Crippen LogP contribution in [0.2, 0.25) is 0 Å². The number of carbonyl (C=O) groups excluding carboxylic acids is 1. The fourth-order valence-corrected chi connectivity index (χ4v) is 5.45. The van der Waals surface area contributed by atoms with Gasteiger partial charge >= 0.3 is 6.03 Å². The average Bonchev–Trinajstić information content (AvgIpc) is 3.49. The van der Waals surface area contributed by atoms with Gasteiger partial charge in [-0.3, -0.25) is 9.67 Å². The van der Waals surface area contributed by atoms with E-state index in [9.17, 15) is 10.1 Å². The molecule has 0 aromatic carbocycles. The number of rotatable bonds is 3. The van der Waals surface area contributed by atoms with Gasteiger partial charge in [-0.05, 0) is 49.1 Å². The van der Waals surface area contributed by atoms with Crippen LogP contribution in [0.15, 0.2) is 42.9 Å². The number of aromatic nitrogens is 4. The lowest BCUT2D eigenvalue weighted by molar-refractivity contribution is -0.0703. The lowest BCUT2D eigenvalue weighted by Gasteiger charge is -2.44. The Morgan fingerprint density at radius 3 is 2.77 bits per heavy atom. The van der Waals surface area contributed by atoms with E-state index >= 15 is 0 Å². The molecule has 3 aromatic heterocycles. The van der Waals surface area contributed by atoms with Gasteiger partial charge in [-0.25, -0.2) is 9.78 Å². The second kappa shape index (κ2) is 8.06. The van der Waals surface area contributed by atoms with Crippen LogP contribution in [-0.2, 0) is 22.4 Å². The average molecular weight is 471 g/mol. The smallest absolute Gasteiger partial charge is 0.318 e. The van der Waals surface area contributed by atoms with Crippen LogP contribution in [0.25, 0.3) is 11.3 Å². The molecule has 1 aliphatic carbocycles. The van der Waals surface area contributed by atoms with E-state index in [0.717, 1.165) is 36.1 Å². The number of hydrogen-bond acceptors (Lipinski definition) is 7. The fourth-order valence-electron chi connectivity index (χ4n) is 5.45. The number of hydrogen-bond donors (Lipinski definition) is 2. The molecule has 178 valence electrons. The topological polar surface area (TPSA) is 135 Å². The third kappa shape index (κ3) is 3.51. The molecule has 35 heavy (non-hydrogen) atoms. The van der Waals surface area contributed by atoms with Crippen LogP contribution in [0, 0.1) is 11.3 Å². The second-order valence-corrected chi connectivity index (χ2v) is 9.52. The fraction of sp³-hybridized carbons (Fsp3) is 0.400. The van der Waals surface area contributed by atoms with E-state index in [1.807, 2.05) is 27.8 Å². The summed E-state index contributed by atoms with van der Waals surface area (Å²) in [4.78, 5) is 23.5. The lowest BCUT2D eigenvalue weighted by Crippen LogP contribution is -2.55. The lowest BCUT2D eigenvalue weighted by atomic mass is 9.72. The van der Waals surface area contributed by atoms with Crippen molar-refractivity contribution in [2.45, 2.75) is 43.4 Å². The zero-order chi connectivity index (χ0) is 24.0. The van der Waals surface area contributed by atoms with E-state index in [1.165, 1.54) is 0 Å². The van der Waals surface area contributed by atoms with Crippen molar-refractivity contribution in [3.8, 4) is 17.3 Å². The largest absolute Gasteiger partial charge is 0.383 e. The predicted molar refractivity (Wildman–Crippen MR) is 127 cm³/mol. The van der Waals surface area contributed by atoms with Crippen molar-refractivity contribution in [1.82, 2.24) is 30.0 Å². The molecule has 1 spiro atoms. The number of nitrogens with zero attached hydrogens (tertiary/aromatic N) is 6. The molecule has 2 amide bonds. The van der Waals surface area contributed by atoms with Crippen LogP contribution in [-0.4, -0.2) is 50.4 Å². The number of amides is 2. The maximum Gasteiger partial charge on any atom is 0.318 e. The normalized spacial score (nSPS) is 22.3. The Bertz CT molecular complexity index is 1330. The van der Waals surface area contributed by atoms with Crippen LogP contribution in [0.4, 0.5) is 10.6 Å². The number of carbonyl (C=O) groups is 1. The molecule has 1 unspecified atom stereocenters. The Hall–Kier alpha value is -3.97. The number of nitriles is 1. The first-order valence-electron chi connectivity index (χ1n) is 11.9. The maximum atomic E-state index is 13.4. The number of fused-ring (bicyclic) bond motifs is 2. The van der Waals surface area contributed by atoms with Crippen molar-refractivity contribution in [2.75, 3.05) is 25.4 Å². The Morgan fingerprint density at radius 2 is 2.03 bits per heavy atom. The molecule has 10 heteroatoms. The molecular weight excluding hydrogens is 444 g/mol. The van der Waals surface area contributed by atoms with Gasteiger partial charge < -0.3 is 20.7 Å². The first-order valence-corrected chi connectivity index (χ1v) is 11.9. The molecule has 1 saturated heterocycles. The summed E-state index contributed by atoms with van der Waals surface area (Å²) in [5.74, 6) is 0.202. The second-order valence-electron chi connectivity index (χ2n) is 9.52. The minimum absolute atomic E-state index is 0.0692. The zero-order valence-corrected chi connectivity index (χ0v) is 19.3. The summed E-state index contributed by atoms with van der Waals surface area (Å²) in [6.45, 7) is 2.20. The molecule has 3 aromatic rings. The van der Waals surface area contributed by atoms with Gasteiger partial charge in [0.05, 0.1) is 42.2 Å². The minimum Gasteiger partial charge on any atom is -0.383 e. The summed E-state index contributed by atoms with van der Waals surface area (Å²) >= 11 is 0. The maximum absolute atomic E-state index is 13.4. The highest BCUT2D eigenvalue weighted by atomic mass is 16.5. The molecule has 5 heterocycles. The van der Waals surface area contributed by atoms with Gasteiger partial charge in [-0.15, -0.1) is 0 Å². The minimum atomic E-state index is -0.608. The number of ether oxygens (including phenoxy) is 1. The third-order valence-electron chi connectivity index (χ3n) is 7.57. The van der Waals surface area contributed by atoms with E-state index in [-0.39, 0.29) is 17.4 Å². The highest BCUT2D eigenvalue weighted by Crippen LogP contribution is 2.43. The van der Waals surface area contributed by atoms with Gasteiger partial charge in [-0.2, -0.15) is 10.4 Å². The summed E-state index contributed by atoms with van der Waals surface area (Å²) < 4.78 is 8.27. The SMILES string of the molecule is N#Cc1cc(-c2cc3n(n2)CCOC32CCN(C(=O)NC3(c4ccncc4)CCC3)C2)cnc1N. The molecule has 10 nitrogen and oxygen atoms in total. The van der Waals surface area contributed by atoms with Crippen LogP contribution >= 0.6 is 0 Å². The van der Waals surface area contributed by atoms with Crippen molar-refractivity contribution < 1.29 is 9.53 Å². The van der Waals surface area contributed by atoms with Crippen molar-refractivity contribution in [2.24, 2.45) is 0 Å². The van der Waals surface area contributed by atoms with Crippen LogP contribution in [0.5, 0.6) is 0 Å². The highest BCUT2D eigenvalue weighted by Gasteiger charge is 2.48. The summed E-state index contributed by atoms with van der Waals surface area (Å²) in [6, 6.07) is 9.66. The number of nitrogens with two attached hydrogens (primary N) is 1. The van der Waals surface area contributed by atoms with E-state index in [1.54, 1.807) is 24.7 Å². The van der Waals surface area contributed by atoms with Crippen molar-refractivity contribution in [3.05, 3.63) is 59.7 Å². The van der Waals surface area contributed by atoms with Crippen molar-refractivity contribution >= 4 is 11.8 Å². The molecule has 3 aliphatic rings. The Morgan fingerprint density at radius 1 is 1.20 bits per heavy atom. The number of nitrogens with one attached hydrogen (secondary N) is 1. The number of nitrogen functional groups attached to an aromatic ring is 1. The molecule has 1 atom stereocenters. The molecule has 2 fully saturated rings. The van der Waals surface area contributed by atoms with Gasteiger partial charge in [0, 0.05) is 37.1 Å². The number of anilines is 1. The van der Waals surface area contributed by atoms with Crippen LogP contribution < -0.4 is 11.1 Å². The van der Waals surface area contributed by atoms with E-state index in [4.69, 9.17) is 15.6 Å². The monoisotopic (exact) mass is 470 g/mol. The predicted octanol–water partition coefficient (Wildman–Crippen LogP) is 2.51. The molecule has 0 radical (unpaired) electrons. The van der Waals surface area contributed by atoms with Gasteiger partial charge in [-0.1, -0.05) is 0 Å². The van der Waals surface area contributed by atoms with Gasteiger partial charge in [0.2, 0.25) is 0 Å². The Balaban J connectivity index is 1.24. The summed E-state index contributed by atoms with van der Waals surface area (Å²) in [7, 11) is 0. The molecule has 2 aliphatic heterocycles. The first kappa shape index (κ1) is 21.6. The van der Waals surface area contributed by atoms with E-state index in [0.29, 0.717) is 43.9 Å². The quantitative estimate of drug-likeness (QED) is 0.600. The molecular formula is C25H26N8O2. The molecule has 3 N–H and O–H groups in total. The van der Waals surface area contributed by atoms with E-state index < -0.39 is 5.60 Å². The van der Waals surface area contributed by atoms with Crippen molar-refractivity contribution in [3.63, 3.8) is 0 Å². The zero-order valence-electron chi connectivity index (χ0n) is 19.3. The summed E-state index contributed by atoms with van der Waals surface area (Å²) in [6.07, 6.45) is 8.81. The van der Waals surface area contributed by atoms with Crippen LogP contribution in [0.1, 0.15) is 42.5 Å². The van der Waals surface area contributed by atoms with E-state index in [2.05, 4.69) is 21.4 Å². The molecule has 1 saturated carbocycles.